The minimum Gasteiger partial charge on any atom is -0.486 e. The van der Waals surface area contributed by atoms with E-state index in [1.165, 1.54) is 4.68 Å². The van der Waals surface area contributed by atoms with Gasteiger partial charge in [-0.05, 0) is 37.6 Å². The molecule has 0 saturated heterocycles. The van der Waals surface area contributed by atoms with Gasteiger partial charge in [-0.15, -0.1) is 0 Å². The number of fused-ring (bicyclic) bond motifs is 2. The molecule has 28 heavy (non-hydrogen) atoms. The van der Waals surface area contributed by atoms with Gasteiger partial charge in [0.25, 0.3) is 5.56 Å². The summed E-state index contributed by atoms with van der Waals surface area (Å²) in [6, 6.07) is 12.6. The van der Waals surface area contributed by atoms with Gasteiger partial charge in [0, 0.05) is 5.39 Å². The number of benzene rings is 2. The van der Waals surface area contributed by atoms with Crippen LogP contribution < -0.4 is 20.3 Å². The van der Waals surface area contributed by atoms with E-state index in [1.54, 1.807) is 12.1 Å². The Morgan fingerprint density at radius 1 is 1.14 bits per heavy atom. The molecule has 1 aliphatic heterocycles. The van der Waals surface area contributed by atoms with E-state index in [2.05, 4.69) is 10.4 Å². The first-order chi connectivity index (χ1) is 13.5. The molecule has 7 heteroatoms. The summed E-state index contributed by atoms with van der Waals surface area (Å²) >= 11 is 0. The van der Waals surface area contributed by atoms with Gasteiger partial charge in [0.2, 0.25) is 5.91 Å². The van der Waals surface area contributed by atoms with Crippen molar-refractivity contribution in [2.45, 2.75) is 26.4 Å². The minimum atomic E-state index is -0.285. The molecule has 2 aromatic carbocycles. The molecule has 7 nitrogen and oxygen atoms in total. The van der Waals surface area contributed by atoms with Crippen LogP contribution in [0.2, 0.25) is 0 Å². The summed E-state index contributed by atoms with van der Waals surface area (Å²) in [6.45, 7) is 4.61. The lowest BCUT2D eigenvalue weighted by atomic mass is 10.1. The molecule has 1 aromatic heterocycles. The number of nitrogens with one attached hydrogen (secondary N) is 1. The average Bonchev–Trinajstić information content (AvgIpc) is 2.71. The molecule has 0 fully saturated rings. The number of aryl methyl sites for hydroxylation is 1. The molecule has 3 aromatic rings. The van der Waals surface area contributed by atoms with Gasteiger partial charge in [-0.25, -0.2) is 4.68 Å². The van der Waals surface area contributed by atoms with Crippen molar-refractivity contribution in [2.24, 2.45) is 0 Å². The number of rotatable bonds is 4. The summed E-state index contributed by atoms with van der Waals surface area (Å²) in [6.07, 6.45) is 0. The summed E-state index contributed by atoms with van der Waals surface area (Å²) in [5.74, 6) is 1.09. The molecule has 0 saturated carbocycles. The van der Waals surface area contributed by atoms with Crippen LogP contribution >= 0.6 is 0 Å². The summed E-state index contributed by atoms with van der Waals surface area (Å²) in [4.78, 5) is 25.1. The molecule has 1 atom stereocenters. The lowest BCUT2D eigenvalue weighted by Crippen LogP contribution is -2.35. The van der Waals surface area contributed by atoms with E-state index >= 15 is 0 Å². The number of aromatic nitrogens is 2. The van der Waals surface area contributed by atoms with Crippen molar-refractivity contribution in [1.82, 2.24) is 15.1 Å². The average molecular weight is 379 g/mol. The maximum atomic E-state index is 12.6. The topological polar surface area (TPSA) is 82.5 Å². The maximum absolute atomic E-state index is 12.6. The number of ether oxygens (including phenoxy) is 2. The number of amides is 1. The van der Waals surface area contributed by atoms with E-state index < -0.39 is 0 Å². The van der Waals surface area contributed by atoms with Crippen LogP contribution in [0.15, 0.2) is 47.3 Å². The standard InChI is InChI=1S/C21H21N3O4/c1-13(15-7-8-18-19(11-15)28-10-9-27-18)22-20(25)12-24-21(26)17-6-4-3-5-16(17)14(2)23-24/h3-8,11,13H,9-10,12H2,1-2H3,(H,22,25). The molecule has 1 amide bonds. The third kappa shape index (κ3) is 3.43. The van der Waals surface area contributed by atoms with Crippen molar-refractivity contribution < 1.29 is 14.3 Å². The monoisotopic (exact) mass is 379 g/mol. The van der Waals surface area contributed by atoms with Gasteiger partial charge in [-0.2, -0.15) is 5.10 Å². The van der Waals surface area contributed by atoms with Crippen LogP contribution in [0.5, 0.6) is 11.5 Å². The van der Waals surface area contributed by atoms with Crippen molar-refractivity contribution in [3.05, 3.63) is 64.1 Å². The quantitative estimate of drug-likeness (QED) is 0.752. The van der Waals surface area contributed by atoms with Gasteiger partial charge < -0.3 is 14.8 Å². The van der Waals surface area contributed by atoms with E-state index in [9.17, 15) is 9.59 Å². The van der Waals surface area contributed by atoms with Crippen molar-refractivity contribution in [3.63, 3.8) is 0 Å². The van der Waals surface area contributed by atoms with Crippen LogP contribution in [-0.2, 0) is 11.3 Å². The Labute approximate surface area is 161 Å². The van der Waals surface area contributed by atoms with Gasteiger partial charge in [0.15, 0.2) is 11.5 Å². The minimum absolute atomic E-state index is 0.139. The smallest absolute Gasteiger partial charge is 0.275 e. The summed E-state index contributed by atoms with van der Waals surface area (Å²) in [7, 11) is 0. The molecular formula is C21H21N3O4. The molecule has 1 unspecified atom stereocenters. The molecule has 0 aliphatic carbocycles. The van der Waals surface area contributed by atoms with Gasteiger partial charge in [0.1, 0.15) is 19.8 Å². The third-order valence-corrected chi connectivity index (χ3v) is 4.79. The first kappa shape index (κ1) is 18.0. The second kappa shape index (κ2) is 7.34. The Bertz CT molecular complexity index is 1110. The second-order valence-corrected chi connectivity index (χ2v) is 6.79. The Morgan fingerprint density at radius 3 is 2.64 bits per heavy atom. The van der Waals surface area contributed by atoms with Crippen LogP contribution in [0.3, 0.4) is 0 Å². The number of carbonyl (C=O) groups is 1. The summed E-state index contributed by atoms with van der Waals surface area (Å²) < 4.78 is 12.3. The van der Waals surface area contributed by atoms with Gasteiger partial charge >= 0.3 is 0 Å². The highest BCUT2D eigenvalue weighted by molar-refractivity contribution is 5.83. The van der Waals surface area contributed by atoms with Crippen molar-refractivity contribution in [3.8, 4) is 11.5 Å². The van der Waals surface area contributed by atoms with E-state index in [4.69, 9.17) is 9.47 Å². The molecule has 0 radical (unpaired) electrons. The Hall–Kier alpha value is -3.35. The first-order valence-electron chi connectivity index (χ1n) is 9.18. The van der Waals surface area contributed by atoms with E-state index in [0.717, 1.165) is 10.9 Å². The first-order valence-corrected chi connectivity index (χ1v) is 9.18. The van der Waals surface area contributed by atoms with E-state index in [-0.39, 0.29) is 24.1 Å². The number of hydrogen-bond acceptors (Lipinski definition) is 5. The Kier molecular flexibility index (Phi) is 4.73. The van der Waals surface area contributed by atoms with Crippen molar-refractivity contribution >= 4 is 16.7 Å². The zero-order valence-electron chi connectivity index (χ0n) is 15.8. The van der Waals surface area contributed by atoms with Crippen LogP contribution in [0.1, 0.15) is 24.2 Å². The molecule has 0 bridgehead atoms. The van der Waals surface area contributed by atoms with Crippen molar-refractivity contribution in [2.75, 3.05) is 13.2 Å². The van der Waals surface area contributed by atoms with Crippen LogP contribution in [0.4, 0.5) is 0 Å². The molecular weight excluding hydrogens is 358 g/mol. The van der Waals surface area contributed by atoms with E-state index in [0.29, 0.717) is 35.8 Å². The zero-order chi connectivity index (χ0) is 19.7. The SMILES string of the molecule is Cc1nn(CC(=O)NC(C)c2ccc3c(c2)OCCO3)c(=O)c2ccccc12. The summed E-state index contributed by atoms with van der Waals surface area (Å²) in [5, 5.41) is 8.55. The molecule has 144 valence electrons. The number of hydrogen-bond donors (Lipinski definition) is 1. The fourth-order valence-corrected chi connectivity index (χ4v) is 3.35. The second-order valence-electron chi connectivity index (χ2n) is 6.79. The molecule has 4 rings (SSSR count). The molecule has 2 heterocycles. The Balaban J connectivity index is 1.51. The zero-order valence-corrected chi connectivity index (χ0v) is 15.8. The van der Waals surface area contributed by atoms with E-state index in [1.807, 2.05) is 44.2 Å². The highest BCUT2D eigenvalue weighted by atomic mass is 16.6. The summed E-state index contributed by atoms with van der Waals surface area (Å²) in [5.41, 5.74) is 1.33. The van der Waals surface area contributed by atoms with Gasteiger partial charge in [-0.3, -0.25) is 9.59 Å². The largest absolute Gasteiger partial charge is 0.486 e. The number of nitrogens with zero attached hydrogens (tertiary/aromatic N) is 2. The lowest BCUT2D eigenvalue weighted by Gasteiger charge is -2.21. The molecule has 1 N–H and O–H groups in total. The fraction of sp³-hybridized carbons (Fsp3) is 0.286. The van der Waals surface area contributed by atoms with Gasteiger partial charge in [-0.1, -0.05) is 24.3 Å². The predicted octanol–water partition coefficient (Wildman–Crippen LogP) is 2.35. The van der Waals surface area contributed by atoms with Crippen LogP contribution in [0, 0.1) is 6.92 Å². The molecule has 1 aliphatic rings. The lowest BCUT2D eigenvalue weighted by molar-refractivity contribution is -0.122. The van der Waals surface area contributed by atoms with Crippen LogP contribution in [0.25, 0.3) is 10.8 Å². The van der Waals surface area contributed by atoms with Crippen LogP contribution in [-0.4, -0.2) is 28.9 Å². The highest BCUT2D eigenvalue weighted by Gasteiger charge is 2.17. The van der Waals surface area contributed by atoms with Gasteiger partial charge in [0.05, 0.1) is 17.1 Å². The van der Waals surface area contributed by atoms with Crippen molar-refractivity contribution in [1.29, 1.82) is 0 Å². The highest BCUT2D eigenvalue weighted by Crippen LogP contribution is 2.32. The molecule has 0 spiro atoms. The maximum Gasteiger partial charge on any atom is 0.275 e. The normalized spacial score (nSPS) is 13.9. The predicted molar refractivity (Wildman–Crippen MR) is 105 cm³/mol. The fourth-order valence-electron chi connectivity index (χ4n) is 3.35. The Morgan fingerprint density at radius 2 is 1.86 bits per heavy atom. The third-order valence-electron chi connectivity index (χ3n) is 4.79. The number of carbonyl (C=O) groups excluding carboxylic acids is 1.